The smallest absolute Gasteiger partial charge is 0.257 e. The largest absolute Gasteiger partial charge is 0.360 e. The van der Waals surface area contributed by atoms with Gasteiger partial charge in [0.1, 0.15) is 5.56 Å². The monoisotopic (exact) mass is 362 g/mol. The topological polar surface area (TPSA) is 72.2 Å². The van der Waals surface area contributed by atoms with E-state index in [9.17, 15) is 9.59 Å². The Morgan fingerprint density at radius 3 is 2.28 bits per heavy atom. The first-order valence-electron chi connectivity index (χ1n) is 8.29. The van der Waals surface area contributed by atoms with Gasteiger partial charge in [-0.05, 0) is 38.1 Å². The highest BCUT2D eigenvalue weighted by Crippen LogP contribution is 2.23. The zero-order valence-corrected chi connectivity index (χ0v) is 15.8. The van der Waals surface area contributed by atoms with Gasteiger partial charge < -0.3 is 9.84 Å². The summed E-state index contributed by atoms with van der Waals surface area (Å²) in [5.74, 6) is -0.0988. The number of nitrogens with one attached hydrogen (secondary N) is 1. The van der Waals surface area contributed by atoms with E-state index >= 15 is 0 Å². The Balaban J connectivity index is 2.12. The molecule has 1 aromatic heterocycles. The second-order valence-corrected chi connectivity index (χ2v) is 7.02. The number of carbonyl (C=O) groups excluding carboxylic acids is 2. The lowest BCUT2D eigenvalue weighted by Crippen LogP contribution is -2.40. The molecule has 1 N–H and O–H groups in total. The van der Waals surface area contributed by atoms with Crippen LogP contribution in [0.3, 0.4) is 0 Å². The summed E-state index contributed by atoms with van der Waals surface area (Å²) in [5.41, 5.74) is 1.57. The first kappa shape index (κ1) is 19.2. The van der Waals surface area contributed by atoms with Gasteiger partial charge in [-0.2, -0.15) is 0 Å². The SMILES string of the molecule is Cc1noc(C(C)C)c1C(=O)NC(C)C(C)C(=O)c1ccc(Cl)cc1. The van der Waals surface area contributed by atoms with Crippen molar-refractivity contribution in [2.24, 2.45) is 5.92 Å². The molecule has 6 heteroatoms. The minimum absolute atomic E-state index is 0.0457. The van der Waals surface area contributed by atoms with Crippen molar-refractivity contribution in [3.63, 3.8) is 0 Å². The summed E-state index contributed by atoms with van der Waals surface area (Å²) >= 11 is 5.86. The van der Waals surface area contributed by atoms with E-state index in [1.54, 1.807) is 38.1 Å². The number of carbonyl (C=O) groups is 2. The number of hydrogen-bond donors (Lipinski definition) is 1. The van der Waals surface area contributed by atoms with Gasteiger partial charge >= 0.3 is 0 Å². The molecule has 1 amide bonds. The van der Waals surface area contributed by atoms with E-state index in [0.29, 0.717) is 27.6 Å². The molecule has 0 aliphatic carbocycles. The number of ketones is 1. The number of halogens is 1. The molecule has 0 aliphatic rings. The number of benzene rings is 1. The van der Waals surface area contributed by atoms with Gasteiger partial charge in [0.2, 0.25) is 0 Å². The Kier molecular flexibility index (Phi) is 6.01. The molecule has 0 spiro atoms. The van der Waals surface area contributed by atoms with Crippen molar-refractivity contribution >= 4 is 23.3 Å². The lowest BCUT2D eigenvalue weighted by molar-refractivity contribution is 0.0867. The van der Waals surface area contributed by atoms with E-state index < -0.39 is 0 Å². The Bertz CT molecular complexity index is 765. The van der Waals surface area contributed by atoms with E-state index in [2.05, 4.69) is 10.5 Å². The van der Waals surface area contributed by atoms with Crippen LogP contribution in [0.15, 0.2) is 28.8 Å². The number of Topliss-reactive ketones (excluding diaryl/α,β-unsaturated/α-hetero) is 1. The Hall–Kier alpha value is -2.14. The molecular formula is C19H23ClN2O3. The fourth-order valence-corrected chi connectivity index (χ4v) is 2.69. The first-order valence-corrected chi connectivity index (χ1v) is 8.67. The lowest BCUT2D eigenvalue weighted by Gasteiger charge is -2.20. The van der Waals surface area contributed by atoms with E-state index in [-0.39, 0.29) is 29.6 Å². The molecule has 5 nitrogen and oxygen atoms in total. The number of aryl methyl sites for hydroxylation is 1. The quantitative estimate of drug-likeness (QED) is 0.773. The molecule has 1 aromatic carbocycles. The van der Waals surface area contributed by atoms with Crippen molar-refractivity contribution in [2.45, 2.75) is 46.6 Å². The standard InChI is InChI=1S/C19H23ClN2O3/c1-10(2)18-16(13(5)22-25-18)19(24)21-12(4)11(3)17(23)14-6-8-15(20)9-7-14/h6-12H,1-5H3,(H,21,24). The highest BCUT2D eigenvalue weighted by Gasteiger charge is 2.27. The second-order valence-electron chi connectivity index (χ2n) is 6.58. The van der Waals surface area contributed by atoms with Gasteiger partial charge in [-0.25, -0.2) is 0 Å². The third-order valence-corrected chi connectivity index (χ3v) is 4.54. The van der Waals surface area contributed by atoms with Crippen LogP contribution in [0.1, 0.15) is 65.8 Å². The van der Waals surface area contributed by atoms with Crippen molar-refractivity contribution in [1.82, 2.24) is 10.5 Å². The molecule has 2 rings (SSSR count). The summed E-state index contributed by atoms with van der Waals surface area (Å²) in [5, 5.41) is 7.36. The molecule has 25 heavy (non-hydrogen) atoms. The molecule has 0 aliphatic heterocycles. The summed E-state index contributed by atoms with van der Waals surface area (Å²) in [6.07, 6.45) is 0. The third-order valence-electron chi connectivity index (χ3n) is 4.29. The van der Waals surface area contributed by atoms with Crippen molar-refractivity contribution in [1.29, 1.82) is 0 Å². The molecule has 0 radical (unpaired) electrons. The molecule has 2 atom stereocenters. The van der Waals surface area contributed by atoms with Gasteiger partial charge in [-0.1, -0.05) is 37.5 Å². The molecule has 1 heterocycles. The maximum absolute atomic E-state index is 12.6. The zero-order chi connectivity index (χ0) is 18.7. The summed E-state index contributed by atoms with van der Waals surface area (Å²) in [6.45, 7) is 9.22. The minimum Gasteiger partial charge on any atom is -0.360 e. The average Bonchev–Trinajstić information content (AvgIpc) is 2.96. The number of amides is 1. The van der Waals surface area contributed by atoms with E-state index in [1.807, 2.05) is 20.8 Å². The van der Waals surface area contributed by atoms with Crippen LogP contribution in [0, 0.1) is 12.8 Å². The second kappa shape index (κ2) is 7.83. The third kappa shape index (κ3) is 4.28. The normalized spacial score (nSPS) is 13.6. The van der Waals surface area contributed by atoms with Crippen LogP contribution in [0.25, 0.3) is 0 Å². The number of rotatable bonds is 6. The van der Waals surface area contributed by atoms with Crippen LogP contribution in [0.2, 0.25) is 5.02 Å². The fourth-order valence-electron chi connectivity index (χ4n) is 2.57. The predicted octanol–water partition coefficient (Wildman–Crippen LogP) is 4.40. The van der Waals surface area contributed by atoms with Crippen molar-refractivity contribution in [2.75, 3.05) is 0 Å². The fraction of sp³-hybridized carbons (Fsp3) is 0.421. The Morgan fingerprint density at radius 2 is 1.72 bits per heavy atom. The van der Waals surface area contributed by atoms with Crippen LogP contribution in [-0.4, -0.2) is 22.9 Å². The van der Waals surface area contributed by atoms with Crippen LogP contribution in [0.5, 0.6) is 0 Å². The predicted molar refractivity (Wildman–Crippen MR) is 97.2 cm³/mol. The van der Waals surface area contributed by atoms with Crippen LogP contribution < -0.4 is 5.32 Å². The highest BCUT2D eigenvalue weighted by molar-refractivity contribution is 6.30. The van der Waals surface area contributed by atoms with E-state index in [1.165, 1.54) is 0 Å². The molecule has 0 fully saturated rings. The Labute approximate surface area is 152 Å². The molecular weight excluding hydrogens is 340 g/mol. The summed E-state index contributed by atoms with van der Waals surface area (Å²) in [4.78, 5) is 25.2. The van der Waals surface area contributed by atoms with E-state index in [4.69, 9.17) is 16.1 Å². The van der Waals surface area contributed by atoms with Crippen LogP contribution in [-0.2, 0) is 0 Å². The number of nitrogens with zero attached hydrogens (tertiary/aromatic N) is 1. The Morgan fingerprint density at radius 1 is 1.12 bits per heavy atom. The molecule has 0 saturated heterocycles. The highest BCUT2D eigenvalue weighted by atomic mass is 35.5. The molecule has 0 bridgehead atoms. The zero-order valence-electron chi connectivity index (χ0n) is 15.1. The van der Waals surface area contributed by atoms with Gasteiger partial charge in [-0.15, -0.1) is 0 Å². The minimum atomic E-state index is -0.382. The van der Waals surface area contributed by atoms with Crippen LogP contribution in [0.4, 0.5) is 0 Å². The molecule has 0 saturated carbocycles. The van der Waals surface area contributed by atoms with E-state index in [0.717, 1.165) is 0 Å². The van der Waals surface area contributed by atoms with Crippen molar-refractivity contribution in [3.8, 4) is 0 Å². The summed E-state index contributed by atoms with van der Waals surface area (Å²) in [7, 11) is 0. The molecule has 2 unspecified atom stereocenters. The lowest BCUT2D eigenvalue weighted by atomic mass is 9.93. The number of hydrogen-bond acceptors (Lipinski definition) is 4. The van der Waals surface area contributed by atoms with Gasteiger partial charge in [0.05, 0.1) is 5.69 Å². The first-order chi connectivity index (χ1) is 11.7. The molecule has 2 aromatic rings. The van der Waals surface area contributed by atoms with Crippen LogP contribution >= 0.6 is 11.6 Å². The maximum atomic E-state index is 12.6. The van der Waals surface area contributed by atoms with Gasteiger partial charge in [0, 0.05) is 28.5 Å². The summed E-state index contributed by atoms with van der Waals surface area (Å²) < 4.78 is 5.26. The van der Waals surface area contributed by atoms with Crippen molar-refractivity contribution < 1.29 is 14.1 Å². The average molecular weight is 363 g/mol. The molecule has 134 valence electrons. The van der Waals surface area contributed by atoms with Gasteiger partial charge in [-0.3, -0.25) is 9.59 Å². The summed E-state index contributed by atoms with van der Waals surface area (Å²) in [6, 6.07) is 6.40. The van der Waals surface area contributed by atoms with Crippen molar-refractivity contribution in [3.05, 3.63) is 51.9 Å². The number of aromatic nitrogens is 1. The van der Waals surface area contributed by atoms with Gasteiger partial charge in [0.15, 0.2) is 11.5 Å². The van der Waals surface area contributed by atoms with Gasteiger partial charge in [0.25, 0.3) is 5.91 Å². The maximum Gasteiger partial charge on any atom is 0.257 e.